The number of thiophene rings is 1. The Balaban J connectivity index is 1.34. The van der Waals surface area contributed by atoms with Crippen LogP contribution in [-0.4, -0.2) is 60.2 Å². The van der Waals surface area contributed by atoms with Crippen molar-refractivity contribution in [3.8, 4) is 0 Å². The molecule has 2 aromatic rings. The topological polar surface area (TPSA) is 60.9 Å². The first-order valence-corrected chi connectivity index (χ1v) is 11.3. The third-order valence-corrected chi connectivity index (χ3v) is 6.95. The van der Waals surface area contributed by atoms with Gasteiger partial charge in [0.05, 0.1) is 10.8 Å². The fourth-order valence-electron chi connectivity index (χ4n) is 4.13. The van der Waals surface area contributed by atoms with E-state index in [4.69, 9.17) is 0 Å². The van der Waals surface area contributed by atoms with Crippen molar-refractivity contribution in [2.45, 2.75) is 26.7 Å². The van der Waals surface area contributed by atoms with Gasteiger partial charge in [0.2, 0.25) is 11.8 Å². The summed E-state index contributed by atoms with van der Waals surface area (Å²) in [4.78, 5) is 45.4. The molecule has 6 nitrogen and oxygen atoms in total. The lowest BCUT2D eigenvalue weighted by Gasteiger charge is -2.35. The SMILES string of the molecule is CCc1ccc(N2CC(C(=O)N3CCN(C(=O)c4ccc(C)s4)CC3)CC2=O)cc1. The Kier molecular flexibility index (Phi) is 5.90. The van der Waals surface area contributed by atoms with E-state index < -0.39 is 0 Å². The number of rotatable bonds is 4. The van der Waals surface area contributed by atoms with E-state index in [1.54, 1.807) is 4.90 Å². The molecule has 0 N–H and O–H groups in total. The van der Waals surface area contributed by atoms with Crippen molar-refractivity contribution in [1.82, 2.24) is 9.80 Å². The number of nitrogens with zero attached hydrogens (tertiary/aromatic N) is 3. The Morgan fingerprint density at radius 1 is 1.00 bits per heavy atom. The van der Waals surface area contributed by atoms with Gasteiger partial charge in [0.15, 0.2) is 0 Å². The van der Waals surface area contributed by atoms with E-state index in [2.05, 4.69) is 6.92 Å². The zero-order valence-electron chi connectivity index (χ0n) is 17.5. The van der Waals surface area contributed by atoms with Gasteiger partial charge < -0.3 is 14.7 Å². The molecule has 30 heavy (non-hydrogen) atoms. The van der Waals surface area contributed by atoms with Gasteiger partial charge in [-0.1, -0.05) is 19.1 Å². The van der Waals surface area contributed by atoms with Crippen molar-refractivity contribution in [3.05, 3.63) is 51.7 Å². The highest BCUT2D eigenvalue weighted by molar-refractivity contribution is 7.13. The summed E-state index contributed by atoms with van der Waals surface area (Å²) < 4.78 is 0. The quantitative estimate of drug-likeness (QED) is 0.757. The average Bonchev–Trinajstić information content (AvgIpc) is 3.38. The summed E-state index contributed by atoms with van der Waals surface area (Å²) >= 11 is 1.50. The minimum Gasteiger partial charge on any atom is -0.339 e. The average molecular weight is 426 g/mol. The van der Waals surface area contributed by atoms with Gasteiger partial charge in [-0.2, -0.15) is 0 Å². The molecule has 2 fully saturated rings. The Hall–Kier alpha value is -2.67. The molecule has 4 rings (SSSR count). The van der Waals surface area contributed by atoms with Crippen LogP contribution in [0.3, 0.4) is 0 Å². The maximum absolute atomic E-state index is 13.0. The molecular formula is C23H27N3O3S. The van der Waals surface area contributed by atoms with Crippen LogP contribution < -0.4 is 4.90 Å². The van der Waals surface area contributed by atoms with Crippen molar-refractivity contribution < 1.29 is 14.4 Å². The van der Waals surface area contributed by atoms with E-state index in [0.717, 1.165) is 21.9 Å². The Labute approximate surface area is 181 Å². The van der Waals surface area contributed by atoms with Crippen LogP contribution in [0.2, 0.25) is 0 Å². The first kappa shape index (κ1) is 20.6. The second-order valence-corrected chi connectivity index (χ2v) is 9.24. The number of amides is 3. The van der Waals surface area contributed by atoms with Gasteiger partial charge in [0, 0.05) is 49.7 Å². The Morgan fingerprint density at radius 2 is 1.67 bits per heavy atom. The van der Waals surface area contributed by atoms with Crippen molar-refractivity contribution in [2.75, 3.05) is 37.6 Å². The molecule has 2 aliphatic heterocycles. The lowest BCUT2D eigenvalue weighted by atomic mass is 10.1. The number of aryl methyl sites for hydroxylation is 2. The van der Waals surface area contributed by atoms with Gasteiger partial charge in [0.1, 0.15) is 0 Å². The van der Waals surface area contributed by atoms with Gasteiger partial charge in [-0.3, -0.25) is 14.4 Å². The molecule has 1 unspecified atom stereocenters. The van der Waals surface area contributed by atoms with Gasteiger partial charge in [0.25, 0.3) is 5.91 Å². The summed E-state index contributed by atoms with van der Waals surface area (Å²) in [7, 11) is 0. The predicted molar refractivity (Wildman–Crippen MR) is 118 cm³/mol. The third kappa shape index (κ3) is 4.12. The summed E-state index contributed by atoms with van der Waals surface area (Å²) in [6.07, 6.45) is 1.21. The van der Waals surface area contributed by atoms with Gasteiger partial charge >= 0.3 is 0 Å². The largest absolute Gasteiger partial charge is 0.339 e. The predicted octanol–water partition coefficient (Wildman–Crippen LogP) is 2.96. The lowest BCUT2D eigenvalue weighted by molar-refractivity contribution is -0.137. The molecule has 3 heterocycles. The molecule has 0 bridgehead atoms. The fourth-order valence-corrected chi connectivity index (χ4v) is 4.96. The number of carbonyl (C=O) groups excluding carboxylic acids is 3. The van der Waals surface area contributed by atoms with Crippen molar-refractivity contribution in [1.29, 1.82) is 0 Å². The van der Waals surface area contributed by atoms with E-state index >= 15 is 0 Å². The molecule has 0 spiro atoms. The first-order valence-electron chi connectivity index (χ1n) is 10.5. The molecule has 0 saturated carbocycles. The van der Waals surface area contributed by atoms with Crippen molar-refractivity contribution in [2.24, 2.45) is 5.92 Å². The Bertz CT molecular complexity index is 945. The zero-order valence-corrected chi connectivity index (χ0v) is 18.3. The van der Waals surface area contributed by atoms with E-state index in [0.29, 0.717) is 32.7 Å². The summed E-state index contributed by atoms with van der Waals surface area (Å²) in [6.45, 7) is 6.61. The number of hydrogen-bond donors (Lipinski definition) is 0. The normalized spacial score (nSPS) is 19.5. The van der Waals surface area contributed by atoms with Crippen LogP contribution in [0.4, 0.5) is 5.69 Å². The molecule has 1 atom stereocenters. The van der Waals surface area contributed by atoms with Gasteiger partial charge in [-0.05, 0) is 43.2 Å². The van der Waals surface area contributed by atoms with Crippen LogP contribution in [-0.2, 0) is 16.0 Å². The highest BCUT2D eigenvalue weighted by atomic mass is 32.1. The maximum Gasteiger partial charge on any atom is 0.264 e. The van der Waals surface area contributed by atoms with Crippen molar-refractivity contribution in [3.63, 3.8) is 0 Å². The molecule has 3 amide bonds. The summed E-state index contributed by atoms with van der Waals surface area (Å²) in [5.41, 5.74) is 2.08. The summed E-state index contributed by atoms with van der Waals surface area (Å²) in [6, 6.07) is 11.8. The van der Waals surface area contributed by atoms with Crippen LogP contribution in [0, 0.1) is 12.8 Å². The molecule has 0 aliphatic carbocycles. The molecule has 2 aliphatic rings. The minimum absolute atomic E-state index is 0.000484. The van der Waals surface area contributed by atoms with Crippen LogP contribution in [0.25, 0.3) is 0 Å². The molecule has 1 aromatic heterocycles. The monoisotopic (exact) mass is 425 g/mol. The van der Waals surface area contributed by atoms with Crippen molar-refractivity contribution >= 4 is 34.7 Å². The van der Waals surface area contributed by atoms with Gasteiger partial charge in [-0.25, -0.2) is 0 Å². The fraction of sp³-hybridized carbons (Fsp3) is 0.435. The summed E-state index contributed by atoms with van der Waals surface area (Å²) in [5, 5.41) is 0. The molecule has 0 radical (unpaired) electrons. The second-order valence-electron chi connectivity index (χ2n) is 7.95. The lowest BCUT2D eigenvalue weighted by Crippen LogP contribution is -2.52. The first-order chi connectivity index (χ1) is 14.5. The zero-order chi connectivity index (χ0) is 21.3. The number of carbonyl (C=O) groups is 3. The number of benzene rings is 1. The summed E-state index contributed by atoms with van der Waals surface area (Å²) in [5.74, 6) is -0.252. The van der Waals surface area contributed by atoms with Crippen LogP contribution in [0.1, 0.15) is 33.5 Å². The molecule has 158 valence electrons. The van der Waals surface area contributed by atoms with E-state index in [9.17, 15) is 14.4 Å². The molecule has 2 saturated heterocycles. The standard InChI is InChI=1S/C23H27N3O3S/c1-3-17-5-7-19(8-6-17)26-15-18(14-21(26)27)22(28)24-10-12-25(13-11-24)23(29)20-9-4-16(2)30-20/h4-9,18H,3,10-15H2,1-2H3. The molecular weight excluding hydrogens is 398 g/mol. The smallest absolute Gasteiger partial charge is 0.264 e. The van der Waals surface area contributed by atoms with Crippen LogP contribution in [0.15, 0.2) is 36.4 Å². The number of anilines is 1. The van der Waals surface area contributed by atoms with Crippen LogP contribution >= 0.6 is 11.3 Å². The van der Waals surface area contributed by atoms with E-state index in [1.165, 1.54) is 16.9 Å². The minimum atomic E-state index is -0.314. The maximum atomic E-state index is 13.0. The Morgan fingerprint density at radius 3 is 2.27 bits per heavy atom. The number of hydrogen-bond acceptors (Lipinski definition) is 4. The highest BCUT2D eigenvalue weighted by Gasteiger charge is 2.38. The van der Waals surface area contributed by atoms with Gasteiger partial charge in [-0.15, -0.1) is 11.3 Å². The molecule has 1 aromatic carbocycles. The van der Waals surface area contributed by atoms with E-state index in [1.807, 2.05) is 53.1 Å². The second kappa shape index (κ2) is 8.60. The number of piperazine rings is 1. The van der Waals surface area contributed by atoms with Crippen LogP contribution in [0.5, 0.6) is 0 Å². The highest BCUT2D eigenvalue weighted by Crippen LogP contribution is 2.27. The third-order valence-electron chi connectivity index (χ3n) is 5.96. The molecule has 7 heteroatoms. The van der Waals surface area contributed by atoms with E-state index in [-0.39, 0.29) is 30.1 Å².